The van der Waals surface area contributed by atoms with Gasteiger partial charge in [0, 0.05) is 151 Å². The summed E-state index contributed by atoms with van der Waals surface area (Å²) < 4.78 is 0. The Labute approximate surface area is 774 Å². The number of hydrogen-bond acceptors (Lipinski definition) is 17. The minimum absolute atomic E-state index is 0.895. The molecule has 0 saturated carbocycles. The number of aromatic nitrogens is 4. The van der Waals surface area contributed by atoms with E-state index in [0.717, 1.165) is 142 Å². The molecule has 8 aromatic rings. The smallest absolute Gasteiger partial charge is 0.139 e. The van der Waals surface area contributed by atoms with Crippen LogP contribution >= 0.6 is 34.0 Å². The predicted octanol–water partition coefficient (Wildman–Crippen LogP) is 27.7. The van der Waals surface area contributed by atoms with E-state index in [1.54, 1.807) is 57.9 Å². The Morgan fingerprint density at radius 2 is 0.782 bits per heavy atom. The number of thiazole rings is 2. The molecule has 3 aromatic carbocycles. The van der Waals surface area contributed by atoms with E-state index in [2.05, 4.69) is 235 Å². The average Bonchev–Trinajstić information content (AvgIpc) is 1.68. The molecule has 0 aliphatic heterocycles. The minimum atomic E-state index is 0.895. The third kappa shape index (κ3) is 65.7. The normalized spacial score (nSPS) is 9.77. The molecule has 0 amide bonds. The van der Waals surface area contributed by atoms with Gasteiger partial charge in [-0.05, 0) is 216 Å². The second-order valence-electron chi connectivity index (χ2n) is 24.5. The summed E-state index contributed by atoms with van der Waals surface area (Å²) in [5.74, 6) is 4.67. The van der Waals surface area contributed by atoms with Crippen molar-refractivity contribution in [2.24, 2.45) is 30.0 Å². The molecule has 702 valence electrons. The van der Waals surface area contributed by atoms with Gasteiger partial charge in [-0.2, -0.15) is 0 Å². The highest BCUT2D eigenvalue weighted by molar-refractivity contribution is 7.14. The zero-order chi connectivity index (χ0) is 98.8. The van der Waals surface area contributed by atoms with Crippen molar-refractivity contribution in [2.75, 3.05) is 100 Å². The lowest BCUT2D eigenvalue weighted by atomic mass is 10.1. The standard InChI is InChI=1S/C10H15N3.3C10H14N2.C10H15NS.C10H13N.C8H13N3S.C8H12N2S.C5H12N2.C5H11N.8C2H6/c1-7-5-6-10(8(2)12-7)13-9(3)11-4;1-7-5-6-10(8(2)11-4)9(3)12-7;1-8-4-6-10(7-5-8)12-9(2)11-3;1-8-5-4-6-10(7-8)12-9(2)11-3;1-6-7(2)10(8(3)11-5)12-9(6)4;1-8-4-6-10(7-5-8)9(2)11-3;1-5-7(8(9-3)10-4)12-6(2)11-5;1-5(9-4)8-6(2)11-7(3)10-8;1-4-7-5(2)6-3;1-4-5(2)6-3;8*1-2/h5-6H,1-4H3,(H,11,13);5-6,11H,2H2,1,3-4H3;2*4-7H,1-3H3,(H,11,12);11H,3H2,1-2,4-5H3;4-7,11H,2H2,1,3H3;1-4H3,(H,9,10);9H,1H2,2-4H3;4H2,1-3H3,(H,6,7);4H2,1-3H3;8*1-2H3. The Hall–Kier alpha value is -9.90. The Balaban J connectivity index is -0.000000143. The molecular formula is C102H181N19S3. The van der Waals surface area contributed by atoms with E-state index in [9.17, 15) is 0 Å². The number of benzene rings is 3. The number of nitrogens with zero attached hydrogens (tertiary/aromatic N) is 10. The van der Waals surface area contributed by atoms with Crippen molar-refractivity contribution < 1.29 is 0 Å². The van der Waals surface area contributed by atoms with Gasteiger partial charge in [-0.25, -0.2) is 9.97 Å². The van der Waals surface area contributed by atoms with E-state index < -0.39 is 0 Å². The van der Waals surface area contributed by atoms with Crippen LogP contribution < -0.4 is 47.9 Å². The zero-order valence-corrected chi connectivity index (χ0v) is 90.1. The number of aliphatic imine (C=N–C) groups is 6. The van der Waals surface area contributed by atoms with Gasteiger partial charge in [-0.1, -0.05) is 204 Å². The molecule has 22 heteroatoms. The van der Waals surface area contributed by atoms with Crippen LogP contribution in [0.15, 0.2) is 153 Å². The molecular weight excluding hydrogens is 1590 g/mol. The maximum Gasteiger partial charge on any atom is 0.139 e. The highest BCUT2D eigenvalue weighted by atomic mass is 32.1. The lowest BCUT2D eigenvalue weighted by Crippen LogP contribution is -2.18. The molecule has 19 nitrogen and oxygen atoms in total. The van der Waals surface area contributed by atoms with Gasteiger partial charge in [0.25, 0.3) is 0 Å². The van der Waals surface area contributed by atoms with Gasteiger partial charge in [0.2, 0.25) is 0 Å². The molecule has 9 N–H and O–H groups in total. The molecule has 0 unspecified atom stereocenters. The number of hydrogen-bond donors (Lipinski definition) is 9. The summed E-state index contributed by atoms with van der Waals surface area (Å²) in [4.78, 5) is 46.4. The van der Waals surface area contributed by atoms with Crippen molar-refractivity contribution in [1.82, 2.24) is 51.8 Å². The van der Waals surface area contributed by atoms with Crippen LogP contribution in [0.4, 0.5) is 17.1 Å². The van der Waals surface area contributed by atoms with Crippen molar-refractivity contribution in [1.29, 1.82) is 0 Å². The maximum atomic E-state index is 4.34. The van der Waals surface area contributed by atoms with E-state index in [0.29, 0.717) is 0 Å². The maximum absolute atomic E-state index is 4.34. The average molecular weight is 1770 g/mol. The summed E-state index contributed by atoms with van der Waals surface area (Å²) in [5.41, 5.74) is 23.2. The van der Waals surface area contributed by atoms with Gasteiger partial charge in [-0.15, -0.1) is 34.0 Å². The fourth-order valence-corrected chi connectivity index (χ4v) is 11.6. The van der Waals surface area contributed by atoms with Crippen LogP contribution in [0.5, 0.6) is 0 Å². The molecule has 0 fully saturated rings. The summed E-state index contributed by atoms with van der Waals surface area (Å²) in [6, 6.07) is 32.8. The van der Waals surface area contributed by atoms with Crippen LogP contribution in [0.25, 0.3) is 22.8 Å². The van der Waals surface area contributed by atoms with Gasteiger partial charge in [0.15, 0.2) is 0 Å². The Morgan fingerprint density at radius 3 is 1.11 bits per heavy atom. The lowest BCUT2D eigenvalue weighted by Gasteiger charge is -2.07. The first kappa shape index (κ1) is 135. The Bertz CT molecular complexity index is 4180. The Morgan fingerprint density at radius 1 is 0.355 bits per heavy atom. The van der Waals surface area contributed by atoms with Crippen molar-refractivity contribution in [2.45, 2.75) is 263 Å². The van der Waals surface area contributed by atoms with Gasteiger partial charge >= 0.3 is 0 Å². The number of amidine groups is 5. The number of nitrogens with one attached hydrogen (secondary N) is 9. The van der Waals surface area contributed by atoms with E-state index in [1.807, 2.05) is 296 Å². The number of aryl methyl sites for hydroxylation is 12. The predicted molar refractivity (Wildman–Crippen MR) is 577 cm³/mol. The topological polar surface area (TPSA) is 234 Å². The van der Waals surface area contributed by atoms with Crippen molar-refractivity contribution in [3.8, 4) is 0 Å². The third-order valence-electron chi connectivity index (χ3n) is 15.8. The van der Waals surface area contributed by atoms with Crippen LogP contribution in [0.2, 0.25) is 0 Å². The highest BCUT2D eigenvalue weighted by Gasteiger charge is 2.11. The van der Waals surface area contributed by atoms with E-state index in [4.69, 9.17) is 0 Å². The zero-order valence-electron chi connectivity index (χ0n) is 87.7. The monoisotopic (exact) mass is 1770 g/mol. The quantitative estimate of drug-likeness (QED) is 0.0365. The van der Waals surface area contributed by atoms with Crippen molar-refractivity contribution >= 4 is 109 Å². The van der Waals surface area contributed by atoms with Crippen LogP contribution in [0, 0.1) is 96.9 Å². The number of thiophene rings is 1. The second-order valence-corrected chi connectivity index (χ2v) is 28.3. The molecule has 0 aliphatic carbocycles. The fraction of sp³-hybridized carbons (Fsp3) is 0.490. The van der Waals surface area contributed by atoms with Gasteiger partial charge in [0.1, 0.15) is 5.84 Å². The summed E-state index contributed by atoms with van der Waals surface area (Å²) in [6.45, 7) is 91.2. The SMILES string of the molecule is C=C(NC)c1ccc(C)cc1.C=C(NC)c1ccc(C)nc1C.C=C(NC)c1nc(C)sc1C.C=C(NC)c1sc(C)c(C)c1C.CC.CC.CC.CC.CC.CC.CC.CC.CCC(C)=NC.CCNC(C)=NC.CN=C(C)Nc1ccc(C)cc1.CN=C(C)Nc1ccc(C)nc1C.CN=C(C)Nc1cccc(C)c1.CN=C(NC)c1sc(C)nc1C. The molecule has 5 aromatic heterocycles. The molecule has 0 aliphatic rings. The molecule has 0 radical (unpaired) electrons. The van der Waals surface area contributed by atoms with Gasteiger partial charge in [0.05, 0.1) is 71.6 Å². The first-order chi connectivity index (χ1) is 59.0. The van der Waals surface area contributed by atoms with E-state index >= 15 is 0 Å². The minimum Gasteiger partial charge on any atom is -0.388 e. The molecule has 5 heterocycles. The molecule has 0 spiro atoms. The highest BCUT2D eigenvalue weighted by Crippen LogP contribution is 2.30. The van der Waals surface area contributed by atoms with E-state index in [1.165, 1.54) is 48.2 Å². The number of rotatable bonds is 14. The fourth-order valence-electron chi connectivity index (χ4n) is 8.64. The van der Waals surface area contributed by atoms with Crippen molar-refractivity contribution in [3.05, 3.63) is 226 Å². The van der Waals surface area contributed by atoms with Gasteiger partial charge < -0.3 is 47.9 Å². The largest absolute Gasteiger partial charge is 0.388 e. The molecule has 8 rings (SSSR count). The first-order valence-electron chi connectivity index (χ1n) is 43.9. The summed E-state index contributed by atoms with van der Waals surface area (Å²) >= 11 is 5.18. The van der Waals surface area contributed by atoms with Crippen LogP contribution in [-0.2, 0) is 0 Å². The summed E-state index contributed by atoms with van der Waals surface area (Å²) in [6.07, 6.45) is 1.08. The molecule has 0 saturated heterocycles. The molecule has 124 heavy (non-hydrogen) atoms. The lowest BCUT2D eigenvalue weighted by molar-refractivity contribution is 0.956. The van der Waals surface area contributed by atoms with Crippen LogP contribution in [-0.4, -0.2) is 139 Å². The van der Waals surface area contributed by atoms with Crippen molar-refractivity contribution in [3.63, 3.8) is 0 Å². The Kier molecular flexibility index (Phi) is 97.1. The molecule has 0 bridgehead atoms. The van der Waals surface area contributed by atoms with E-state index in [-0.39, 0.29) is 0 Å². The number of pyridine rings is 2. The number of anilines is 3. The molecule has 0 atom stereocenters. The summed E-state index contributed by atoms with van der Waals surface area (Å²) in [7, 11) is 20.1. The second kappa shape index (κ2) is 89.4. The first-order valence-corrected chi connectivity index (χ1v) is 46.3. The van der Waals surface area contributed by atoms with Gasteiger partial charge in [-0.3, -0.25) is 39.9 Å². The summed E-state index contributed by atoms with van der Waals surface area (Å²) in [5, 5.41) is 29.9. The van der Waals surface area contributed by atoms with Crippen LogP contribution in [0.1, 0.15) is 268 Å². The van der Waals surface area contributed by atoms with Crippen LogP contribution in [0.3, 0.4) is 0 Å². The third-order valence-corrected chi connectivity index (χ3v) is 19.1.